The average molecular weight is 223 g/mol. The number of rotatable bonds is 1. The minimum atomic E-state index is -0.963. The first-order valence-corrected chi connectivity index (χ1v) is 1.63. The van der Waals surface area contributed by atoms with Gasteiger partial charge in [0.05, 0.1) is 0 Å². The van der Waals surface area contributed by atoms with Gasteiger partial charge in [0.25, 0.3) is 0 Å². The van der Waals surface area contributed by atoms with Crippen molar-refractivity contribution in [3.63, 3.8) is 0 Å². The van der Waals surface area contributed by atoms with Crippen molar-refractivity contribution in [2.75, 3.05) is 0 Å². The van der Waals surface area contributed by atoms with E-state index < -0.39 is 12.0 Å². The molecule has 0 aromatic rings. The third kappa shape index (κ3) is 7.48. The van der Waals surface area contributed by atoms with Gasteiger partial charge in [-0.2, -0.15) is 0 Å². The molecule has 38 valence electrons. The van der Waals surface area contributed by atoms with Crippen molar-refractivity contribution in [3.8, 4) is 0 Å². The Morgan fingerprint density at radius 2 is 2.14 bits per heavy atom. The second-order valence-corrected chi connectivity index (χ2v) is 1.13. The predicted molar refractivity (Wildman–Crippen MR) is 22.4 cm³/mol. The largest absolute Gasteiger partial charge is 1.00 e. The zero-order valence-corrected chi connectivity index (χ0v) is 10.8. The molecule has 0 aliphatic carbocycles. The molecule has 0 heterocycles. The summed E-state index contributed by atoms with van der Waals surface area (Å²) in [6.45, 7) is 1.42. The Kier molecular flexibility index (Phi) is 9.07. The number of carboxylic acid groups (broad SMARTS) is 1. The van der Waals surface area contributed by atoms with E-state index in [1.165, 1.54) is 6.92 Å². The molecular weight excluding hydrogens is 215 g/mol. The maximum Gasteiger partial charge on any atom is 1.00 e. The molecule has 0 rings (SSSR count). The third-order valence-corrected chi connectivity index (χ3v) is 0.390. The van der Waals surface area contributed by atoms with Crippen LogP contribution in [-0.4, -0.2) is 17.1 Å². The summed E-state index contributed by atoms with van der Waals surface area (Å²) < 4.78 is 0. The van der Waals surface area contributed by atoms with Gasteiger partial charge in [0.2, 0.25) is 0 Å². The Labute approximate surface area is 103 Å². The summed E-state index contributed by atoms with van der Waals surface area (Å²) in [5.74, 6) is -0.963. The van der Waals surface area contributed by atoms with Crippen molar-refractivity contribution in [2.24, 2.45) is 5.73 Å². The molecule has 0 aliphatic heterocycles. The van der Waals surface area contributed by atoms with Crippen LogP contribution in [-0.2, 0) is 4.79 Å². The first kappa shape index (κ1) is 11.3. The molecule has 0 saturated carbocycles. The Bertz CT molecular complexity index is 68.3. The van der Waals surface area contributed by atoms with Crippen molar-refractivity contribution in [1.29, 1.82) is 0 Å². The van der Waals surface area contributed by atoms with Crippen molar-refractivity contribution >= 4 is 5.97 Å². The number of nitrogens with two attached hydrogens (primary N) is 1. The van der Waals surface area contributed by atoms with Crippen LogP contribution < -0.4 is 74.6 Å². The summed E-state index contributed by atoms with van der Waals surface area (Å²) >= 11 is 0. The molecule has 1 atom stereocenters. The molecule has 0 bridgehead atoms. The third-order valence-electron chi connectivity index (χ3n) is 0.390. The molecular formula is C3H8CsNO2. The Morgan fingerprint density at radius 3 is 2.14 bits per heavy atom. The van der Waals surface area contributed by atoms with Gasteiger partial charge in [0.1, 0.15) is 6.04 Å². The maximum absolute atomic E-state index is 9.57. The van der Waals surface area contributed by atoms with E-state index in [4.69, 9.17) is 10.8 Å². The van der Waals surface area contributed by atoms with Crippen LogP contribution in [0.3, 0.4) is 0 Å². The van der Waals surface area contributed by atoms with Gasteiger partial charge in [0, 0.05) is 0 Å². The molecule has 0 spiro atoms. The number of hydrogen-bond acceptors (Lipinski definition) is 2. The van der Waals surface area contributed by atoms with Crippen LogP contribution in [0.25, 0.3) is 0 Å². The van der Waals surface area contributed by atoms with Gasteiger partial charge in [-0.15, -0.1) is 0 Å². The van der Waals surface area contributed by atoms with Gasteiger partial charge in [-0.1, -0.05) is 0 Å². The Balaban J connectivity index is -0.000000125. The summed E-state index contributed by atoms with van der Waals surface area (Å²) in [5.41, 5.74) is 4.84. The first-order chi connectivity index (χ1) is 2.64. The monoisotopic (exact) mass is 223 g/mol. The van der Waals surface area contributed by atoms with Crippen LogP contribution in [0.5, 0.6) is 0 Å². The smallest absolute Gasteiger partial charge is 1.00 e. The zero-order valence-electron chi connectivity index (χ0n) is 5.51. The molecule has 7 heavy (non-hydrogen) atoms. The van der Waals surface area contributed by atoms with E-state index in [0.29, 0.717) is 0 Å². The summed E-state index contributed by atoms with van der Waals surface area (Å²) in [7, 11) is 0. The molecule has 0 radical (unpaired) electrons. The molecule has 0 fully saturated rings. The van der Waals surface area contributed by atoms with E-state index in [9.17, 15) is 4.79 Å². The van der Waals surface area contributed by atoms with E-state index in [1.807, 2.05) is 0 Å². The zero-order chi connectivity index (χ0) is 5.15. The molecule has 0 aromatic carbocycles. The molecule has 3 nitrogen and oxygen atoms in total. The van der Waals surface area contributed by atoms with Crippen LogP contribution >= 0.6 is 0 Å². The fraction of sp³-hybridized carbons (Fsp3) is 0.667. The predicted octanol–water partition coefficient (Wildman–Crippen LogP) is -3.47. The number of aliphatic carboxylic acids is 1. The number of hydrogen-bond donors (Lipinski definition) is 2. The standard InChI is InChI=1S/C3H7NO2.Cs.H/c1-2(4)3(5)6;;/h2H,4H2,1H3,(H,5,6);;/q;+1;-1/t2-;;/m0../s1. The van der Waals surface area contributed by atoms with Crippen molar-refractivity contribution in [2.45, 2.75) is 13.0 Å². The summed E-state index contributed by atoms with van der Waals surface area (Å²) in [5, 5.41) is 7.87. The van der Waals surface area contributed by atoms with Crippen LogP contribution in [0.4, 0.5) is 0 Å². The van der Waals surface area contributed by atoms with Crippen molar-refractivity contribution in [1.82, 2.24) is 0 Å². The van der Waals surface area contributed by atoms with Crippen LogP contribution in [0.15, 0.2) is 0 Å². The van der Waals surface area contributed by atoms with E-state index in [1.54, 1.807) is 0 Å². The molecule has 0 amide bonds. The normalized spacial score (nSPS) is 11.7. The quantitative estimate of drug-likeness (QED) is 0.485. The van der Waals surface area contributed by atoms with Crippen LogP contribution in [0, 0.1) is 0 Å². The molecule has 0 unspecified atom stereocenters. The van der Waals surface area contributed by atoms with Crippen LogP contribution in [0.1, 0.15) is 8.35 Å². The van der Waals surface area contributed by atoms with Crippen molar-refractivity contribution in [3.05, 3.63) is 0 Å². The van der Waals surface area contributed by atoms with Gasteiger partial charge in [-0.05, 0) is 6.92 Å². The second kappa shape index (κ2) is 5.62. The Morgan fingerprint density at radius 1 is 2.00 bits per heavy atom. The van der Waals surface area contributed by atoms with Gasteiger partial charge in [-0.3, -0.25) is 4.79 Å². The summed E-state index contributed by atoms with van der Waals surface area (Å²) in [4.78, 5) is 9.57. The van der Waals surface area contributed by atoms with Gasteiger partial charge < -0.3 is 12.3 Å². The van der Waals surface area contributed by atoms with Crippen molar-refractivity contribution < 1.29 is 80.2 Å². The van der Waals surface area contributed by atoms with E-state index in [-0.39, 0.29) is 70.3 Å². The molecule has 0 aliphatic rings. The summed E-state index contributed by atoms with van der Waals surface area (Å²) in [6, 6.07) is -0.731. The minimum absolute atomic E-state index is 0. The molecule has 4 heteroatoms. The number of carboxylic acids is 1. The number of carbonyl (C=O) groups is 1. The Hall–Kier alpha value is 1.48. The van der Waals surface area contributed by atoms with E-state index in [2.05, 4.69) is 0 Å². The van der Waals surface area contributed by atoms with Gasteiger partial charge >= 0.3 is 74.9 Å². The average Bonchev–Trinajstić information content (AvgIpc) is 1.36. The molecule has 0 saturated heterocycles. The SMILES string of the molecule is C[C@H](N)C(=O)O.[Cs+].[H-]. The second-order valence-electron chi connectivity index (χ2n) is 1.13. The molecule has 3 N–H and O–H groups in total. The van der Waals surface area contributed by atoms with Gasteiger partial charge in [0.15, 0.2) is 0 Å². The van der Waals surface area contributed by atoms with Crippen LogP contribution in [0.2, 0.25) is 0 Å². The van der Waals surface area contributed by atoms with E-state index >= 15 is 0 Å². The fourth-order valence-corrected chi connectivity index (χ4v) is 0. The summed E-state index contributed by atoms with van der Waals surface area (Å²) in [6.07, 6.45) is 0. The minimum Gasteiger partial charge on any atom is -1.00 e. The maximum atomic E-state index is 9.57. The first-order valence-electron chi connectivity index (χ1n) is 1.63. The molecule has 0 aromatic heterocycles. The topological polar surface area (TPSA) is 63.3 Å². The fourth-order valence-electron chi connectivity index (χ4n) is 0. The van der Waals surface area contributed by atoms with E-state index in [0.717, 1.165) is 0 Å². The van der Waals surface area contributed by atoms with Gasteiger partial charge in [-0.25, -0.2) is 0 Å².